The molecule has 0 saturated carbocycles. The van der Waals surface area contributed by atoms with E-state index in [0.717, 1.165) is 35.4 Å². The molecule has 3 aromatic rings. The first-order chi connectivity index (χ1) is 15.2. The van der Waals surface area contributed by atoms with E-state index in [1.807, 2.05) is 31.2 Å². The second kappa shape index (κ2) is 8.70. The van der Waals surface area contributed by atoms with Gasteiger partial charge in [0.1, 0.15) is 11.0 Å². The van der Waals surface area contributed by atoms with Gasteiger partial charge in [0.05, 0.1) is 5.56 Å². The Labute approximate surface area is 186 Å². The molecule has 0 bridgehead atoms. The predicted octanol–water partition coefficient (Wildman–Crippen LogP) is 4.78. The van der Waals surface area contributed by atoms with Gasteiger partial charge in [0.15, 0.2) is 0 Å². The van der Waals surface area contributed by atoms with Crippen LogP contribution in [0.3, 0.4) is 0 Å². The Morgan fingerprint density at radius 2 is 1.88 bits per heavy atom. The van der Waals surface area contributed by atoms with Crippen molar-refractivity contribution < 1.29 is 22.8 Å². The average Bonchev–Trinajstić information content (AvgIpc) is 3.42. The Kier molecular flexibility index (Phi) is 5.96. The summed E-state index contributed by atoms with van der Waals surface area (Å²) in [7, 11) is 0. The molecule has 0 radical (unpaired) electrons. The second-order valence-electron chi connectivity index (χ2n) is 7.50. The van der Waals surface area contributed by atoms with Crippen molar-refractivity contribution in [3.8, 4) is 10.6 Å². The van der Waals surface area contributed by atoms with E-state index in [4.69, 9.17) is 0 Å². The summed E-state index contributed by atoms with van der Waals surface area (Å²) < 4.78 is 38.3. The minimum absolute atomic E-state index is 0.107. The lowest BCUT2D eigenvalue weighted by atomic mass is 10.1. The van der Waals surface area contributed by atoms with Crippen molar-refractivity contribution >= 4 is 28.3 Å². The smallest absolute Gasteiger partial charge is 0.327 e. The maximum Gasteiger partial charge on any atom is 0.416 e. The standard InChI is InChI=1S/C22H19F3N4O2S/c1-13-4-2-5-15(12-13)19-27-28-21(32-19)26-18(30)17-6-3-11-29(17)20(31)14-7-9-16(10-8-14)22(23,24)25/h2,4-5,7-10,12,17H,3,6,11H2,1H3,(H,26,28,30). The monoisotopic (exact) mass is 460 g/mol. The Balaban J connectivity index is 1.45. The highest BCUT2D eigenvalue weighted by atomic mass is 32.1. The number of nitrogens with zero attached hydrogens (tertiary/aromatic N) is 3. The summed E-state index contributed by atoms with van der Waals surface area (Å²) >= 11 is 1.23. The Morgan fingerprint density at radius 1 is 1.12 bits per heavy atom. The molecule has 1 N–H and O–H groups in total. The predicted molar refractivity (Wildman–Crippen MR) is 114 cm³/mol. The van der Waals surface area contributed by atoms with Crippen LogP contribution in [0.5, 0.6) is 0 Å². The van der Waals surface area contributed by atoms with Gasteiger partial charge in [-0.3, -0.25) is 14.9 Å². The zero-order chi connectivity index (χ0) is 22.9. The van der Waals surface area contributed by atoms with Crippen LogP contribution in [0.1, 0.15) is 34.3 Å². The SMILES string of the molecule is Cc1cccc(-c2nnc(NC(=O)C3CCCN3C(=O)c3ccc(C(F)(F)F)cc3)s2)c1. The van der Waals surface area contributed by atoms with Crippen molar-refractivity contribution in [2.75, 3.05) is 11.9 Å². The van der Waals surface area contributed by atoms with Gasteiger partial charge in [0, 0.05) is 17.7 Å². The van der Waals surface area contributed by atoms with Crippen molar-refractivity contribution in [3.05, 3.63) is 65.2 Å². The molecule has 166 valence electrons. The lowest BCUT2D eigenvalue weighted by molar-refractivity contribution is -0.137. The number of likely N-dealkylation sites (tertiary alicyclic amines) is 1. The van der Waals surface area contributed by atoms with Gasteiger partial charge < -0.3 is 4.90 Å². The quantitative estimate of drug-likeness (QED) is 0.608. The zero-order valence-electron chi connectivity index (χ0n) is 17.0. The number of alkyl halides is 3. The zero-order valence-corrected chi connectivity index (χ0v) is 17.8. The van der Waals surface area contributed by atoms with E-state index >= 15 is 0 Å². The number of rotatable bonds is 4. The molecule has 1 aromatic heterocycles. The number of aromatic nitrogens is 2. The fourth-order valence-corrected chi connectivity index (χ4v) is 4.35. The molecule has 1 atom stereocenters. The molecule has 0 spiro atoms. The molecule has 4 rings (SSSR count). The lowest BCUT2D eigenvalue weighted by Gasteiger charge is -2.23. The number of halogens is 3. The summed E-state index contributed by atoms with van der Waals surface area (Å²) in [6.07, 6.45) is -3.40. The molecule has 1 saturated heterocycles. The van der Waals surface area contributed by atoms with E-state index < -0.39 is 29.6 Å². The van der Waals surface area contributed by atoms with Crippen LogP contribution >= 0.6 is 11.3 Å². The molecule has 32 heavy (non-hydrogen) atoms. The summed E-state index contributed by atoms with van der Waals surface area (Å²) in [5.41, 5.74) is 1.25. The van der Waals surface area contributed by atoms with Crippen LogP contribution in [0.25, 0.3) is 10.6 Å². The van der Waals surface area contributed by atoms with Gasteiger partial charge in [-0.2, -0.15) is 13.2 Å². The fraction of sp³-hybridized carbons (Fsp3) is 0.273. The van der Waals surface area contributed by atoms with Gasteiger partial charge in [-0.25, -0.2) is 0 Å². The van der Waals surface area contributed by atoms with Gasteiger partial charge in [0.25, 0.3) is 5.91 Å². The number of hydrogen-bond donors (Lipinski definition) is 1. The van der Waals surface area contributed by atoms with Crippen LogP contribution in [-0.4, -0.2) is 39.5 Å². The molecular weight excluding hydrogens is 441 g/mol. The van der Waals surface area contributed by atoms with E-state index in [9.17, 15) is 22.8 Å². The lowest BCUT2D eigenvalue weighted by Crippen LogP contribution is -2.43. The highest BCUT2D eigenvalue weighted by Gasteiger charge is 2.36. The Hall–Kier alpha value is -3.27. The van der Waals surface area contributed by atoms with Gasteiger partial charge in [-0.15, -0.1) is 10.2 Å². The number of aryl methyl sites for hydroxylation is 1. The maximum absolute atomic E-state index is 12.8. The van der Waals surface area contributed by atoms with Gasteiger partial charge >= 0.3 is 6.18 Å². The number of nitrogens with one attached hydrogen (secondary N) is 1. The van der Waals surface area contributed by atoms with Crippen molar-refractivity contribution in [2.24, 2.45) is 0 Å². The molecule has 1 fully saturated rings. The third kappa shape index (κ3) is 4.64. The molecule has 6 nitrogen and oxygen atoms in total. The topological polar surface area (TPSA) is 75.2 Å². The average molecular weight is 460 g/mol. The number of carbonyl (C=O) groups is 2. The van der Waals surface area contributed by atoms with Crippen molar-refractivity contribution in [1.29, 1.82) is 0 Å². The fourth-order valence-electron chi connectivity index (χ4n) is 3.61. The highest BCUT2D eigenvalue weighted by Crippen LogP contribution is 2.30. The van der Waals surface area contributed by atoms with E-state index in [-0.39, 0.29) is 5.56 Å². The summed E-state index contributed by atoms with van der Waals surface area (Å²) in [6.45, 7) is 2.32. The van der Waals surface area contributed by atoms with Gasteiger partial charge in [0.2, 0.25) is 11.0 Å². The first-order valence-electron chi connectivity index (χ1n) is 9.92. The second-order valence-corrected chi connectivity index (χ2v) is 8.48. The number of anilines is 1. The van der Waals surface area contributed by atoms with E-state index in [2.05, 4.69) is 15.5 Å². The molecule has 1 unspecified atom stereocenters. The summed E-state index contributed by atoms with van der Waals surface area (Å²) in [5.74, 6) is -0.871. The van der Waals surface area contributed by atoms with Crippen LogP contribution in [0.4, 0.5) is 18.3 Å². The van der Waals surface area contributed by atoms with E-state index in [0.29, 0.717) is 29.5 Å². The first-order valence-corrected chi connectivity index (χ1v) is 10.7. The summed E-state index contributed by atoms with van der Waals surface area (Å²) in [6, 6.07) is 11.0. The van der Waals surface area contributed by atoms with Crippen molar-refractivity contribution in [1.82, 2.24) is 15.1 Å². The van der Waals surface area contributed by atoms with Crippen molar-refractivity contribution in [3.63, 3.8) is 0 Å². The highest BCUT2D eigenvalue weighted by molar-refractivity contribution is 7.18. The van der Waals surface area contributed by atoms with Crippen LogP contribution in [0.2, 0.25) is 0 Å². The summed E-state index contributed by atoms with van der Waals surface area (Å²) in [4.78, 5) is 27.1. The number of amides is 2. The number of benzene rings is 2. The van der Waals surface area contributed by atoms with Gasteiger partial charge in [-0.05, 0) is 50.1 Å². The number of carbonyl (C=O) groups excluding carboxylic acids is 2. The van der Waals surface area contributed by atoms with Crippen LogP contribution in [-0.2, 0) is 11.0 Å². The molecule has 1 aliphatic heterocycles. The minimum atomic E-state index is -4.48. The maximum atomic E-state index is 12.8. The first kappa shape index (κ1) is 21.9. The van der Waals surface area contributed by atoms with Crippen molar-refractivity contribution in [2.45, 2.75) is 32.0 Å². The van der Waals surface area contributed by atoms with E-state index in [1.54, 1.807) is 0 Å². The van der Waals surface area contributed by atoms with Crippen LogP contribution in [0.15, 0.2) is 48.5 Å². The molecule has 2 aromatic carbocycles. The van der Waals surface area contributed by atoms with Gasteiger partial charge in [-0.1, -0.05) is 35.1 Å². The Bertz CT molecular complexity index is 1140. The van der Waals surface area contributed by atoms with Crippen LogP contribution in [0, 0.1) is 6.92 Å². The molecule has 0 aliphatic carbocycles. The Morgan fingerprint density at radius 3 is 2.56 bits per heavy atom. The third-order valence-corrected chi connectivity index (χ3v) is 6.08. The molecular formula is C22H19F3N4O2S. The summed E-state index contributed by atoms with van der Waals surface area (Å²) in [5, 5.41) is 11.8. The molecule has 1 aliphatic rings. The van der Waals surface area contributed by atoms with E-state index in [1.165, 1.54) is 16.2 Å². The van der Waals surface area contributed by atoms with Crippen LogP contribution < -0.4 is 5.32 Å². The molecule has 2 amide bonds. The normalized spacial score (nSPS) is 16.2. The largest absolute Gasteiger partial charge is 0.416 e. The third-order valence-electron chi connectivity index (χ3n) is 5.20. The minimum Gasteiger partial charge on any atom is -0.327 e. The number of hydrogen-bond acceptors (Lipinski definition) is 5. The molecule has 10 heteroatoms. The molecule has 2 heterocycles.